The van der Waals surface area contributed by atoms with Crippen molar-refractivity contribution in [2.45, 2.75) is 12.8 Å². The van der Waals surface area contributed by atoms with Crippen LogP contribution in [0.15, 0.2) is 36.4 Å². The van der Waals surface area contributed by atoms with Crippen molar-refractivity contribution < 1.29 is 13.5 Å². The minimum Gasteiger partial charge on any atom is -0.454 e. The molecule has 0 aliphatic rings. The summed E-state index contributed by atoms with van der Waals surface area (Å²) in [5.74, 6) is -0.269. The molecule has 0 N–H and O–H groups in total. The summed E-state index contributed by atoms with van der Waals surface area (Å²) >= 11 is 5.70. The molecule has 1 nitrogen and oxygen atoms in total. The second kappa shape index (κ2) is 5.36. The van der Waals surface area contributed by atoms with Crippen LogP contribution in [0.1, 0.15) is 11.1 Å². The fourth-order valence-corrected chi connectivity index (χ4v) is 1.78. The molecule has 0 aliphatic heterocycles. The Bertz CT molecular complexity index is 570. The van der Waals surface area contributed by atoms with Gasteiger partial charge in [-0.15, -0.1) is 11.6 Å². The summed E-state index contributed by atoms with van der Waals surface area (Å²) < 4.78 is 32.2. The predicted molar refractivity (Wildman–Crippen MR) is 67.2 cm³/mol. The molecule has 94 valence electrons. The quantitative estimate of drug-likeness (QED) is 0.726. The van der Waals surface area contributed by atoms with Gasteiger partial charge < -0.3 is 4.74 Å². The lowest BCUT2D eigenvalue weighted by Gasteiger charge is -2.11. The Labute approximate surface area is 109 Å². The maximum atomic E-state index is 13.8. The molecule has 0 atom stereocenters. The van der Waals surface area contributed by atoms with E-state index in [0.717, 1.165) is 0 Å². The van der Waals surface area contributed by atoms with E-state index in [1.54, 1.807) is 19.1 Å². The van der Waals surface area contributed by atoms with Crippen LogP contribution in [0, 0.1) is 18.6 Å². The number of halogens is 3. The van der Waals surface area contributed by atoms with Crippen molar-refractivity contribution in [3.05, 3.63) is 59.2 Å². The van der Waals surface area contributed by atoms with Gasteiger partial charge >= 0.3 is 0 Å². The molecule has 0 aromatic heterocycles. The molecule has 0 amide bonds. The molecule has 0 heterocycles. The first-order chi connectivity index (χ1) is 8.61. The lowest BCUT2D eigenvalue weighted by Crippen LogP contribution is -1.94. The molecule has 0 radical (unpaired) electrons. The minimum atomic E-state index is -0.428. The van der Waals surface area contributed by atoms with Gasteiger partial charge in [0.25, 0.3) is 0 Å². The van der Waals surface area contributed by atoms with Gasteiger partial charge in [0.2, 0.25) is 0 Å². The molecule has 0 saturated heterocycles. The first-order valence-electron chi connectivity index (χ1n) is 5.39. The smallest absolute Gasteiger partial charge is 0.168 e. The summed E-state index contributed by atoms with van der Waals surface area (Å²) in [6.07, 6.45) is 0. The highest BCUT2D eigenvalue weighted by atomic mass is 35.5. The van der Waals surface area contributed by atoms with Crippen LogP contribution in [-0.2, 0) is 5.88 Å². The van der Waals surface area contributed by atoms with E-state index in [1.807, 2.05) is 0 Å². The van der Waals surface area contributed by atoms with Gasteiger partial charge in [-0.05, 0) is 36.8 Å². The highest BCUT2D eigenvalue weighted by molar-refractivity contribution is 6.17. The van der Waals surface area contributed by atoms with Crippen molar-refractivity contribution in [2.75, 3.05) is 0 Å². The fourth-order valence-electron chi connectivity index (χ4n) is 1.57. The van der Waals surface area contributed by atoms with Crippen LogP contribution >= 0.6 is 11.6 Å². The van der Waals surface area contributed by atoms with Crippen LogP contribution in [0.25, 0.3) is 0 Å². The normalized spacial score (nSPS) is 10.4. The van der Waals surface area contributed by atoms with Crippen LogP contribution in [-0.4, -0.2) is 0 Å². The lowest BCUT2D eigenvalue weighted by atomic mass is 10.2. The summed E-state index contributed by atoms with van der Waals surface area (Å²) in [5, 5.41) is 0. The highest BCUT2D eigenvalue weighted by Crippen LogP contribution is 2.30. The van der Waals surface area contributed by atoms with Crippen molar-refractivity contribution in [2.24, 2.45) is 0 Å². The Kier molecular flexibility index (Phi) is 3.82. The van der Waals surface area contributed by atoms with Crippen LogP contribution < -0.4 is 4.74 Å². The third-order valence-electron chi connectivity index (χ3n) is 2.54. The maximum absolute atomic E-state index is 13.8. The second-order valence-electron chi connectivity index (χ2n) is 3.87. The Morgan fingerprint density at radius 2 is 1.89 bits per heavy atom. The van der Waals surface area contributed by atoms with Gasteiger partial charge in [-0.1, -0.05) is 12.1 Å². The number of benzene rings is 2. The monoisotopic (exact) mass is 268 g/mol. The van der Waals surface area contributed by atoms with Crippen LogP contribution in [0.5, 0.6) is 11.5 Å². The Morgan fingerprint density at radius 1 is 1.11 bits per heavy atom. The zero-order valence-electron chi connectivity index (χ0n) is 9.71. The largest absolute Gasteiger partial charge is 0.454 e. The Balaban J connectivity index is 2.37. The molecule has 0 spiro atoms. The van der Waals surface area contributed by atoms with Crippen molar-refractivity contribution >= 4 is 11.6 Å². The second-order valence-corrected chi connectivity index (χ2v) is 4.14. The number of rotatable bonds is 3. The van der Waals surface area contributed by atoms with Crippen molar-refractivity contribution in [1.82, 2.24) is 0 Å². The molecular formula is C14H11ClF2O. The molecule has 18 heavy (non-hydrogen) atoms. The molecular weight excluding hydrogens is 258 g/mol. The average molecular weight is 269 g/mol. The number of hydrogen-bond donors (Lipinski definition) is 0. The SMILES string of the molecule is Cc1cccc(Oc2ccc(F)cc2CCl)c1F. The Morgan fingerprint density at radius 3 is 2.61 bits per heavy atom. The Hall–Kier alpha value is -1.61. The summed E-state index contributed by atoms with van der Waals surface area (Å²) in [4.78, 5) is 0. The molecule has 0 saturated carbocycles. The van der Waals surface area contributed by atoms with Crippen LogP contribution in [0.2, 0.25) is 0 Å². The maximum Gasteiger partial charge on any atom is 0.168 e. The van der Waals surface area contributed by atoms with E-state index < -0.39 is 11.6 Å². The molecule has 4 heteroatoms. The van der Waals surface area contributed by atoms with E-state index in [-0.39, 0.29) is 11.6 Å². The third-order valence-corrected chi connectivity index (χ3v) is 2.83. The minimum absolute atomic E-state index is 0.0977. The van der Waals surface area contributed by atoms with Gasteiger partial charge in [-0.25, -0.2) is 8.78 Å². The number of aryl methyl sites for hydroxylation is 1. The van der Waals surface area contributed by atoms with Gasteiger partial charge in [0, 0.05) is 5.56 Å². The van der Waals surface area contributed by atoms with Crippen molar-refractivity contribution in [1.29, 1.82) is 0 Å². The first-order valence-corrected chi connectivity index (χ1v) is 5.92. The molecule has 0 bridgehead atoms. The zero-order valence-corrected chi connectivity index (χ0v) is 10.5. The fraction of sp³-hybridized carbons (Fsp3) is 0.143. The molecule has 0 fully saturated rings. The van der Waals surface area contributed by atoms with Crippen LogP contribution in [0.4, 0.5) is 8.78 Å². The summed E-state index contributed by atoms with van der Waals surface area (Å²) in [6, 6.07) is 8.82. The van der Waals surface area contributed by atoms with E-state index in [9.17, 15) is 8.78 Å². The first kappa shape index (κ1) is 12.8. The van der Waals surface area contributed by atoms with E-state index in [4.69, 9.17) is 16.3 Å². The van der Waals surface area contributed by atoms with E-state index >= 15 is 0 Å². The third kappa shape index (κ3) is 2.62. The summed E-state index contributed by atoms with van der Waals surface area (Å²) in [6.45, 7) is 1.65. The standard InChI is InChI=1S/C14H11ClF2O/c1-9-3-2-4-13(14(9)17)18-12-6-5-11(16)7-10(12)8-15/h2-7H,8H2,1H3. The van der Waals surface area contributed by atoms with E-state index in [0.29, 0.717) is 16.9 Å². The molecule has 0 unspecified atom stereocenters. The number of hydrogen-bond acceptors (Lipinski definition) is 1. The van der Waals surface area contributed by atoms with Crippen LogP contribution in [0.3, 0.4) is 0 Å². The van der Waals surface area contributed by atoms with Gasteiger partial charge in [-0.3, -0.25) is 0 Å². The molecule has 2 aromatic carbocycles. The molecule has 2 aromatic rings. The summed E-state index contributed by atoms with van der Waals surface area (Å²) in [7, 11) is 0. The lowest BCUT2D eigenvalue weighted by molar-refractivity contribution is 0.436. The molecule has 0 aliphatic carbocycles. The van der Waals surface area contributed by atoms with Gasteiger partial charge in [0.05, 0.1) is 5.88 Å². The van der Waals surface area contributed by atoms with E-state index in [1.165, 1.54) is 24.3 Å². The number of alkyl halides is 1. The summed E-state index contributed by atoms with van der Waals surface area (Å²) in [5.41, 5.74) is 0.972. The highest BCUT2D eigenvalue weighted by Gasteiger charge is 2.10. The molecule has 2 rings (SSSR count). The topological polar surface area (TPSA) is 9.23 Å². The van der Waals surface area contributed by atoms with E-state index in [2.05, 4.69) is 0 Å². The number of ether oxygens (including phenoxy) is 1. The van der Waals surface area contributed by atoms with Gasteiger partial charge in [0.1, 0.15) is 11.6 Å². The van der Waals surface area contributed by atoms with Crippen molar-refractivity contribution in [3.8, 4) is 11.5 Å². The van der Waals surface area contributed by atoms with Crippen molar-refractivity contribution in [3.63, 3.8) is 0 Å². The van der Waals surface area contributed by atoms with Gasteiger partial charge in [-0.2, -0.15) is 0 Å². The zero-order chi connectivity index (χ0) is 13.1. The average Bonchev–Trinajstić information content (AvgIpc) is 2.37. The van der Waals surface area contributed by atoms with Gasteiger partial charge in [0.15, 0.2) is 11.6 Å². The predicted octanol–water partition coefficient (Wildman–Crippen LogP) is 4.80.